The van der Waals surface area contributed by atoms with E-state index in [2.05, 4.69) is 0 Å². The van der Waals surface area contributed by atoms with Gasteiger partial charge in [0.1, 0.15) is 22.9 Å². The first-order chi connectivity index (χ1) is 17.0. The summed E-state index contributed by atoms with van der Waals surface area (Å²) in [5, 5.41) is 21.6. The lowest BCUT2D eigenvalue weighted by Crippen LogP contribution is -2.41. The van der Waals surface area contributed by atoms with Crippen LogP contribution < -0.4 is 4.48 Å². The minimum absolute atomic E-state index is 0.0687. The third-order valence-electron chi connectivity index (χ3n) is 6.84. The van der Waals surface area contributed by atoms with Gasteiger partial charge in [0.25, 0.3) is 0 Å². The van der Waals surface area contributed by atoms with E-state index in [4.69, 9.17) is 0 Å². The molecule has 0 bridgehead atoms. The van der Waals surface area contributed by atoms with Crippen molar-refractivity contribution in [3.05, 3.63) is 119 Å². The molecule has 1 saturated heterocycles. The number of ketones is 2. The van der Waals surface area contributed by atoms with Crippen LogP contribution in [0.5, 0.6) is 11.5 Å². The molecule has 1 heterocycles. The average molecular weight is 465 g/mol. The Morgan fingerprint density at radius 2 is 0.971 bits per heavy atom. The Morgan fingerprint density at radius 3 is 1.34 bits per heavy atom. The summed E-state index contributed by atoms with van der Waals surface area (Å²) in [6, 6.07) is 28.2. The van der Waals surface area contributed by atoms with Crippen LogP contribution in [-0.2, 0) is 0 Å². The third kappa shape index (κ3) is 4.11. The lowest BCUT2D eigenvalue weighted by atomic mass is 10.00. The van der Waals surface area contributed by atoms with Gasteiger partial charge in [-0.05, 0) is 12.1 Å². The molecule has 2 N–H and O–H groups in total. The van der Waals surface area contributed by atoms with Crippen LogP contribution in [-0.4, -0.2) is 34.9 Å². The van der Waals surface area contributed by atoms with Crippen LogP contribution in [0.4, 0.5) is 11.4 Å². The second-order valence-electron chi connectivity index (χ2n) is 8.92. The number of carbonyl (C=O) groups is 2. The van der Waals surface area contributed by atoms with Gasteiger partial charge in [0.2, 0.25) is 0 Å². The lowest BCUT2D eigenvalue weighted by molar-refractivity contribution is 0.102. The lowest BCUT2D eigenvalue weighted by Gasteiger charge is -2.33. The van der Waals surface area contributed by atoms with Gasteiger partial charge in [0.15, 0.2) is 11.6 Å². The Morgan fingerprint density at radius 1 is 0.571 bits per heavy atom. The standard InChI is InChI=1S/C30H25NO4/c32-27-19-23(13-15-25(27)29(34)21-9-3-1-4-10-21)31(17-7-8-18-31)24-14-16-26(28(33)20-24)30(35)22-11-5-2-6-12-22/h1-6,9-16,19-20H,7-8,17-18H2,(H-,32,33,34,35)/p+1. The molecule has 0 aliphatic carbocycles. The van der Waals surface area contributed by atoms with Gasteiger partial charge in [-0.2, -0.15) is 0 Å². The molecule has 1 fully saturated rings. The Kier molecular flexibility index (Phi) is 5.93. The first kappa shape index (κ1) is 22.6. The fourth-order valence-corrected chi connectivity index (χ4v) is 4.99. The first-order valence-corrected chi connectivity index (χ1v) is 11.7. The molecule has 0 radical (unpaired) electrons. The molecule has 0 amide bonds. The number of carbonyl (C=O) groups excluding carboxylic acids is 2. The SMILES string of the molecule is O=C(c1ccccc1)c1ccc([N+]2(c3ccc(C(=O)c4ccccc4)c(O)c3)CCCC2)cc1O. The number of quaternary nitrogens is 1. The van der Waals surface area contributed by atoms with Gasteiger partial charge in [-0.25, -0.2) is 0 Å². The summed E-state index contributed by atoms with van der Waals surface area (Å²) in [5.74, 6) is -0.602. The van der Waals surface area contributed by atoms with Gasteiger partial charge >= 0.3 is 0 Å². The molecule has 0 aromatic heterocycles. The van der Waals surface area contributed by atoms with E-state index in [1.54, 1.807) is 72.8 Å². The Bertz CT molecular complexity index is 1290. The molecule has 35 heavy (non-hydrogen) atoms. The molecule has 174 valence electrons. The summed E-state index contributed by atoms with van der Waals surface area (Å²) in [6.45, 7) is 1.58. The number of phenols is 2. The molecule has 0 unspecified atom stereocenters. The van der Waals surface area contributed by atoms with Crippen molar-refractivity contribution < 1.29 is 19.8 Å². The Labute approximate surface area is 204 Å². The van der Waals surface area contributed by atoms with Crippen molar-refractivity contribution in [1.29, 1.82) is 0 Å². The minimum atomic E-state index is -0.232. The van der Waals surface area contributed by atoms with Crippen molar-refractivity contribution in [3.8, 4) is 11.5 Å². The van der Waals surface area contributed by atoms with Gasteiger partial charge in [0, 0.05) is 48.2 Å². The van der Waals surface area contributed by atoms with Crippen molar-refractivity contribution in [3.63, 3.8) is 0 Å². The van der Waals surface area contributed by atoms with Crippen molar-refractivity contribution in [2.45, 2.75) is 12.8 Å². The van der Waals surface area contributed by atoms with E-state index < -0.39 is 0 Å². The van der Waals surface area contributed by atoms with Crippen LogP contribution in [0.2, 0.25) is 0 Å². The molecule has 1 aliphatic rings. The Hall–Kier alpha value is -4.22. The van der Waals surface area contributed by atoms with E-state index >= 15 is 0 Å². The van der Waals surface area contributed by atoms with E-state index in [1.807, 2.05) is 24.3 Å². The largest absolute Gasteiger partial charge is 0.507 e. The molecule has 0 saturated carbocycles. The van der Waals surface area contributed by atoms with Gasteiger partial charge in [-0.15, -0.1) is 0 Å². The maximum Gasteiger partial charge on any atom is 0.196 e. The molecule has 0 spiro atoms. The summed E-state index contributed by atoms with van der Waals surface area (Å²) < 4.78 is 0.431. The summed E-state index contributed by atoms with van der Waals surface area (Å²) in [6.07, 6.45) is 1.97. The smallest absolute Gasteiger partial charge is 0.196 e. The second kappa shape index (κ2) is 9.20. The molecule has 0 atom stereocenters. The van der Waals surface area contributed by atoms with Crippen LogP contribution >= 0.6 is 0 Å². The molecule has 5 heteroatoms. The average Bonchev–Trinajstić information content (AvgIpc) is 3.40. The van der Waals surface area contributed by atoms with Crippen molar-refractivity contribution in [2.75, 3.05) is 13.1 Å². The second-order valence-corrected chi connectivity index (χ2v) is 8.92. The highest BCUT2D eigenvalue weighted by molar-refractivity contribution is 6.11. The molecular formula is C30H26NO4+. The van der Waals surface area contributed by atoms with Crippen LogP contribution in [0.1, 0.15) is 44.7 Å². The van der Waals surface area contributed by atoms with E-state index in [0.717, 1.165) is 37.3 Å². The number of benzene rings is 4. The van der Waals surface area contributed by atoms with Gasteiger partial charge in [0.05, 0.1) is 24.2 Å². The highest BCUT2D eigenvalue weighted by atomic mass is 16.3. The molecular weight excluding hydrogens is 438 g/mol. The summed E-state index contributed by atoms with van der Waals surface area (Å²) >= 11 is 0. The molecule has 1 aliphatic heterocycles. The fraction of sp³-hybridized carbons (Fsp3) is 0.133. The molecule has 4 aromatic rings. The predicted octanol–water partition coefficient (Wildman–Crippen LogP) is 5.99. The number of hydrogen-bond acceptors (Lipinski definition) is 4. The fourth-order valence-electron chi connectivity index (χ4n) is 4.99. The number of rotatable bonds is 6. The number of aromatic hydroxyl groups is 2. The third-order valence-corrected chi connectivity index (χ3v) is 6.84. The van der Waals surface area contributed by atoms with Crippen LogP contribution in [0.3, 0.4) is 0 Å². The van der Waals surface area contributed by atoms with Gasteiger partial charge in [-0.3, -0.25) is 14.1 Å². The maximum absolute atomic E-state index is 12.9. The first-order valence-electron chi connectivity index (χ1n) is 11.7. The minimum Gasteiger partial charge on any atom is -0.507 e. The van der Waals surface area contributed by atoms with Crippen molar-refractivity contribution in [1.82, 2.24) is 4.48 Å². The van der Waals surface area contributed by atoms with Crippen LogP contribution in [0.15, 0.2) is 97.1 Å². The van der Waals surface area contributed by atoms with Gasteiger partial charge < -0.3 is 10.2 Å². The normalized spacial score (nSPS) is 14.5. The van der Waals surface area contributed by atoms with Crippen molar-refractivity contribution >= 4 is 22.9 Å². The number of hydrogen-bond donors (Lipinski definition) is 2. The number of nitrogens with zero attached hydrogens (tertiary/aromatic N) is 1. The topological polar surface area (TPSA) is 74.6 Å². The van der Waals surface area contributed by atoms with E-state index in [-0.39, 0.29) is 34.2 Å². The zero-order valence-electron chi connectivity index (χ0n) is 19.2. The summed E-state index contributed by atoms with van der Waals surface area (Å²) in [4.78, 5) is 25.8. The summed E-state index contributed by atoms with van der Waals surface area (Å²) in [7, 11) is 0. The van der Waals surface area contributed by atoms with Crippen molar-refractivity contribution in [2.24, 2.45) is 0 Å². The molecule has 5 rings (SSSR count). The highest BCUT2D eigenvalue weighted by Gasteiger charge is 2.38. The van der Waals surface area contributed by atoms with E-state index in [9.17, 15) is 19.8 Å². The summed E-state index contributed by atoms with van der Waals surface area (Å²) in [5.41, 5.74) is 3.22. The zero-order chi connectivity index (χ0) is 24.4. The maximum atomic E-state index is 12.9. The predicted molar refractivity (Wildman–Crippen MR) is 136 cm³/mol. The zero-order valence-corrected chi connectivity index (χ0v) is 19.2. The van der Waals surface area contributed by atoms with Crippen LogP contribution in [0.25, 0.3) is 0 Å². The number of phenolic OH excluding ortho intramolecular Hbond substituents is 2. The Balaban J connectivity index is 1.51. The monoisotopic (exact) mass is 464 g/mol. The van der Waals surface area contributed by atoms with Crippen LogP contribution in [0, 0.1) is 0 Å². The molecule has 5 nitrogen and oxygen atoms in total. The van der Waals surface area contributed by atoms with Gasteiger partial charge in [-0.1, -0.05) is 60.7 Å². The van der Waals surface area contributed by atoms with E-state index in [0.29, 0.717) is 15.6 Å². The molecule has 4 aromatic carbocycles. The highest BCUT2D eigenvalue weighted by Crippen LogP contribution is 2.43. The van der Waals surface area contributed by atoms with E-state index in [1.165, 1.54) is 0 Å². The quantitative estimate of drug-likeness (QED) is 0.271.